The molecule has 2 rings (SSSR count). The lowest BCUT2D eigenvalue weighted by Gasteiger charge is -2.10. The molecule has 0 bridgehead atoms. The molecule has 8 heteroatoms. The first kappa shape index (κ1) is 17.3. The van der Waals surface area contributed by atoms with Crippen molar-refractivity contribution in [1.82, 2.24) is 4.83 Å². The van der Waals surface area contributed by atoms with Gasteiger partial charge in [-0.3, -0.25) is 0 Å². The molecule has 0 heterocycles. The number of hydrazone groups is 1. The van der Waals surface area contributed by atoms with Gasteiger partial charge in [-0.05, 0) is 45.8 Å². The Morgan fingerprint density at radius 3 is 2.43 bits per heavy atom. The molecule has 0 saturated heterocycles. The van der Waals surface area contributed by atoms with Crippen LogP contribution in [0.4, 0.5) is 0 Å². The summed E-state index contributed by atoms with van der Waals surface area (Å²) < 4.78 is 35.2. The fraction of sp³-hybridized carbons (Fsp3) is 0.133. The predicted molar refractivity (Wildman–Crippen MR) is 91.6 cm³/mol. The highest BCUT2D eigenvalue weighted by Crippen LogP contribution is 2.35. The molecule has 0 fully saturated rings. The fourth-order valence-corrected chi connectivity index (χ4v) is 3.27. The Balaban J connectivity index is 2.20. The molecule has 0 radical (unpaired) electrons. The number of hydrogen-bond acceptors (Lipinski definition) is 5. The van der Waals surface area contributed by atoms with E-state index in [2.05, 4.69) is 25.9 Å². The van der Waals surface area contributed by atoms with Gasteiger partial charge in [0.25, 0.3) is 10.0 Å². The Bertz CT molecular complexity index is 808. The van der Waals surface area contributed by atoms with Gasteiger partial charge in [-0.15, -0.1) is 0 Å². The molecule has 6 nitrogen and oxygen atoms in total. The zero-order valence-corrected chi connectivity index (χ0v) is 14.9. The maximum absolute atomic E-state index is 12.0. The third-order valence-corrected chi connectivity index (χ3v) is 4.72. The molecular formula is C15H15BrN2O4S. The normalized spacial score (nSPS) is 11.4. The van der Waals surface area contributed by atoms with Crippen LogP contribution >= 0.6 is 15.9 Å². The van der Waals surface area contributed by atoms with E-state index in [1.165, 1.54) is 32.6 Å². The number of ether oxygens (including phenoxy) is 2. The average Bonchev–Trinajstić information content (AvgIpc) is 2.55. The van der Waals surface area contributed by atoms with Crippen LogP contribution in [-0.4, -0.2) is 28.9 Å². The Kier molecular flexibility index (Phi) is 5.62. The molecule has 0 aliphatic carbocycles. The van der Waals surface area contributed by atoms with Crippen LogP contribution in [0.2, 0.25) is 0 Å². The van der Waals surface area contributed by atoms with E-state index in [0.717, 1.165) is 0 Å². The van der Waals surface area contributed by atoms with E-state index in [1.54, 1.807) is 30.3 Å². The van der Waals surface area contributed by atoms with Crippen molar-refractivity contribution in [1.29, 1.82) is 0 Å². The lowest BCUT2D eigenvalue weighted by molar-refractivity contribution is 0.353. The monoisotopic (exact) mass is 398 g/mol. The first-order valence-electron chi connectivity index (χ1n) is 6.49. The highest BCUT2D eigenvalue weighted by atomic mass is 79.9. The van der Waals surface area contributed by atoms with Crippen LogP contribution in [0, 0.1) is 0 Å². The summed E-state index contributed by atoms with van der Waals surface area (Å²) in [5.41, 5.74) is 0.644. The van der Waals surface area contributed by atoms with Gasteiger partial charge in [-0.1, -0.05) is 18.2 Å². The highest BCUT2D eigenvalue weighted by Gasteiger charge is 2.12. The van der Waals surface area contributed by atoms with Crippen molar-refractivity contribution in [3.8, 4) is 11.5 Å². The van der Waals surface area contributed by atoms with Crippen molar-refractivity contribution in [2.45, 2.75) is 4.90 Å². The van der Waals surface area contributed by atoms with Crippen LogP contribution < -0.4 is 14.3 Å². The van der Waals surface area contributed by atoms with Gasteiger partial charge in [0, 0.05) is 0 Å². The molecule has 23 heavy (non-hydrogen) atoms. The number of nitrogens with one attached hydrogen (secondary N) is 1. The Hall–Kier alpha value is -2.06. The summed E-state index contributed by atoms with van der Waals surface area (Å²) in [6.45, 7) is 0. The lowest BCUT2D eigenvalue weighted by atomic mass is 10.2. The van der Waals surface area contributed by atoms with Crippen molar-refractivity contribution < 1.29 is 17.9 Å². The molecule has 0 saturated carbocycles. The number of hydrogen-bond donors (Lipinski definition) is 1. The van der Waals surface area contributed by atoms with Crippen LogP contribution in [0.1, 0.15) is 5.56 Å². The third kappa shape index (κ3) is 4.23. The second-order valence-corrected chi connectivity index (χ2v) is 6.92. The summed E-state index contributed by atoms with van der Waals surface area (Å²) in [6, 6.07) is 11.4. The van der Waals surface area contributed by atoms with Gasteiger partial charge in [-0.25, -0.2) is 4.83 Å². The van der Waals surface area contributed by atoms with Crippen molar-refractivity contribution in [2.24, 2.45) is 5.10 Å². The molecule has 0 aromatic heterocycles. The van der Waals surface area contributed by atoms with E-state index >= 15 is 0 Å². The van der Waals surface area contributed by atoms with Crippen LogP contribution in [0.15, 0.2) is 56.9 Å². The van der Waals surface area contributed by atoms with Gasteiger partial charge < -0.3 is 9.47 Å². The maximum Gasteiger partial charge on any atom is 0.276 e. The second-order valence-electron chi connectivity index (χ2n) is 4.40. The molecule has 0 spiro atoms. The fourth-order valence-electron chi connectivity index (χ4n) is 1.84. The first-order chi connectivity index (χ1) is 11.0. The molecular weight excluding hydrogens is 384 g/mol. The van der Waals surface area contributed by atoms with Crippen LogP contribution in [0.3, 0.4) is 0 Å². The van der Waals surface area contributed by atoms with Gasteiger partial charge in [0.1, 0.15) is 0 Å². The van der Waals surface area contributed by atoms with Crippen molar-refractivity contribution in [3.05, 3.63) is 52.5 Å². The lowest BCUT2D eigenvalue weighted by Crippen LogP contribution is -2.18. The second kappa shape index (κ2) is 7.47. The Labute approximate surface area is 143 Å². The smallest absolute Gasteiger partial charge is 0.276 e. The van der Waals surface area contributed by atoms with Crippen LogP contribution in [-0.2, 0) is 10.0 Å². The number of sulfonamides is 1. The van der Waals surface area contributed by atoms with Gasteiger partial charge in [0.05, 0.1) is 29.8 Å². The van der Waals surface area contributed by atoms with E-state index < -0.39 is 10.0 Å². The Morgan fingerprint density at radius 1 is 1.13 bits per heavy atom. The molecule has 0 aliphatic heterocycles. The largest absolute Gasteiger partial charge is 0.493 e. The van der Waals surface area contributed by atoms with E-state index in [1.807, 2.05) is 0 Å². The van der Waals surface area contributed by atoms with E-state index in [-0.39, 0.29) is 4.90 Å². The maximum atomic E-state index is 12.0. The minimum absolute atomic E-state index is 0.144. The van der Waals surface area contributed by atoms with Crippen LogP contribution in [0.5, 0.6) is 11.5 Å². The predicted octanol–water partition coefficient (Wildman–Crippen LogP) is 2.78. The number of rotatable bonds is 6. The molecule has 1 N–H and O–H groups in total. The van der Waals surface area contributed by atoms with E-state index in [9.17, 15) is 8.42 Å². The summed E-state index contributed by atoms with van der Waals surface area (Å²) in [4.78, 5) is 2.31. The topological polar surface area (TPSA) is 77.0 Å². The van der Waals surface area contributed by atoms with Crippen molar-refractivity contribution >= 4 is 32.2 Å². The zero-order valence-electron chi connectivity index (χ0n) is 12.5. The van der Waals surface area contributed by atoms with Gasteiger partial charge in [-0.2, -0.15) is 13.5 Å². The van der Waals surface area contributed by atoms with Gasteiger partial charge >= 0.3 is 0 Å². The first-order valence-corrected chi connectivity index (χ1v) is 8.77. The van der Waals surface area contributed by atoms with E-state index in [0.29, 0.717) is 21.5 Å². The zero-order chi connectivity index (χ0) is 16.9. The molecule has 0 unspecified atom stereocenters. The number of nitrogens with zero attached hydrogens (tertiary/aromatic N) is 1. The Morgan fingerprint density at radius 2 is 1.83 bits per heavy atom. The van der Waals surface area contributed by atoms with Crippen LogP contribution in [0.25, 0.3) is 0 Å². The van der Waals surface area contributed by atoms with E-state index in [4.69, 9.17) is 9.47 Å². The minimum Gasteiger partial charge on any atom is -0.493 e. The van der Waals surface area contributed by atoms with Gasteiger partial charge in [0.2, 0.25) is 0 Å². The quantitative estimate of drug-likeness (QED) is 0.599. The highest BCUT2D eigenvalue weighted by molar-refractivity contribution is 9.10. The van der Waals surface area contributed by atoms with Crippen molar-refractivity contribution in [2.75, 3.05) is 14.2 Å². The summed E-state index contributed by atoms with van der Waals surface area (Å²) in [5.74, 6) is 1.06. The molecule has 0 atom stereocenters. The molecule has 2 aromatic carbocycles. The molecule has 0 amide bonds. The number of benzene rings is 2. The summed E-state index contributed by atoms with van der Waals surface area (Å²) in [5, 5.41) is 3.78. The van der Waals surface area contributed by atoms with Crippen molar-refractivity contribution in [3.63, 3.8) is 0 Å². The molecule has 0 aliphatic rings. The standard InChI is InChI=1S/C15H15BrN2O4S/c1-21-14-9-11(8-13(16)15(14)22-2)10-17-18-23(19,20)12-6-4-3-5-7-12/h3-10,18H,1-2H3. The molecule has 122 valence electrons. The summed E-state index contributed by atoms with van der Waals surface area (Å²) in [7, 11) is -0.635. The summed E-state index contributed by atoms with van der Waals surface area (Å²) in [6.07, 6.45) is 1.38. The number of methoxy groups -OCH3 is 2. The number of halogens is 1. The summed E-state index contributed by atoms with van der Waals surface area (Å²) >= 11 is 3.36. The molecule has 2 aromatic rings. The average molecular weight is 399 g/mol. The SMILES string of the molecule is COc1cc(C=NNS(=O)(=O)c2ccccc2)cc(Br)c1OC. The van der Waals surface area contributed by atoms with Gasteiger partial charge in [0.15, 0.2) is 11.5 Å². The third-order valence-electron chi connectivity index (χ3n) is 2.90. The minimum atomic E-state index is -3.68.